The molecule has 1 aromatic heterocycles. The fraction of sp³-hybridized carbons (Fsp3) is 0.292. The van der Waals surface area contributed by atoms with Crippen LogP contribution in [0.1, 0.15) is 30.5 Å². The molecule has 2 atom stereocenters. The van der Waals surface area contributed by atoms with Crippen molar-refractivity contribution in [2.75, 3.05) is 16.8 Å². The van der Waals surface area contributed by atoms with E-state index in [1.807, 2.05) is 37.3 Å². The van der Waals surface area contributed by atoms with Gasteiger partial charge in [0, 0.05) is 36.7 Å². The van der Waals surface area contributed by atoms with Crippen molar-refractivity contribution in [3.63, 3.8) is 0 Å². The van der Waals surface area contributed by atoms with Gasteiger partial charge >= 0.3 is 6.03 Å². The first kappa shape index (κ1) is 22.0. The number of fused-ring (bicyclic) bond motifs is 1. The number of halogens is 3. The van der Waals surface area contributed by atoms with Crippen LogP contribution in [0.4, 0.5) is 29.3 Å². The quantitative estimate of drug-likeness (QED) is 0.583. The van der Waals surface area contributed by atoms with Crippen molar-refractivity contribution >= 4 is 23.3 Å². The molecule has 34 heavy (non-hydrogen) atoms. The molecule has 176 valence electrons. The third-order valence-corrected chi connectivity index (χ3v) is 6.40. The summed E-state index contributed by atoms with van der Waals surface area (Å²) >= 11 is 0. The van der Waals surface area contributed by atoms with Crippen LogP contribution in [0.2, 0.25) is 0 Å². The predicted octanol–water partition coefficient (Wildman–Crippen LogP) is 4.26. The summed E-state index contributed by atoms with van der Waals surface area (Å²) in [6.45, 7) is 2.87. The van der Waals surface area contributed by atoms with Crippen LogP contribution >= 0.6 is 0 Å². The summed E-state index contributed by atoms with van der Waals surface area (Å²) in [7, 11) is 0. The Kier molecular flexibility index (Phi) is 5.51. The van der Waals surface area contributed by atoms with Gasteiger partial charge in [-0.05, 0) is 12.5 Å². The van der Waals surface area contributed by atoms with Crippen LogP contribution in [0.15, 0.2) is 48.7 Å². The number of benzene rings is 2. The molecule has 0 aliphatic carbocycles. The molecule has 2 aliphatic heterocycles. The van der Waals surface area contributed by atoms with E-state index in [0.717, 1.165) is 17.7 Å². The van der Waals surface area contributed by atoms with Gasteiger partial charge in [-0.3, -0.25) is 9.48 Å². The third-order valence-electron chi connectivity index (χ3n) is 6.40. The largest absolute Gasteiger partial charge is 0.322 e. The molecule has 0 saturated carbocycles. The van der Waals surface area contributed by atoms with E-state index >= 15 is 0 Å². The molecule has 2 aromatic carbocycles. The van der Waals surface area contributed by atoms with Gasteiger partial charge in [0.1, 0.15) is 0 Å². The molecule has 0 unspecified atom stereocenters. The minimum absolute atomic E-state index is 0.0171. The van der Waals surface area contributed by atoms with Gasteiger partial charge < -0.3 is 15.1 Å². The second-order valence-electron chi connectivity index (χ2n) is 8.64. The van der Waals surface area contributed by atoms with Crippen molar-refractivity contribution in [2.24, 2.45) is 0 Å². The molecule has 10 heteroatoms. The first-order chi connectivity index (χ1) is 16.3. The van der Waals surface area contributed by atoms with Crippen LogP contribution in [0, 0.1) is 17.5 Å². The van der Waals surface area contributed by atoms with Crippen LogP contribution in [-0.2, 0) is 17.9 Å². The number of hydrogen-bond donors (Lipinski definition) is 1. The summed E-state index contributed by atoms with van der Waals surface area (Å²) < 4.78 is 42.1. The van der Waals surface area contributed by atoms with E-state index in [9.17, 15) is 22.8 Å². The zero-order chi connectivity index (χ0) is 24.0. The molecular weight excluding hydrogens is 447 g/mol. The van der Waals surface area contributed by atoms with E-state index in [0.29, 0.717) is 30.9 Å². The van der Waals surface area contributed by atoms with Crippen molar-refractivity contribution < 1.29 is 22.8 Å². The lowest BCUT2D eigenvalue weighted by molar-refractivity contribution is -0.117. The Hall–Kier alpha value is -3.82. The Bertz CT molecular complexity index is 1240. The smallest absolute Gasteiger partial charge is 0.314 e. The fourth-order valence-electron chi connectivity index (χ4n) is 4.60. The Labute approximate surface area is 193 Å². The maximum atomic E-state index is 13.6. The van der Waals surface area contributed by atoms with E-state index in [1.54, 1.807) is 15.8 Å². The maximum absolute atomic E-state index is 13.6. The number of rotatable bonds is 3. The summed E-state index contributed by atoms with van der Waals surface area (Å²) in [4.78, 5) is 29.0. The predicted molar refractivity (Wildman–Crippen MR) is 119 cm³/mol. The highest BCUT2D eigenvalue weighted by molar-refractivity contribution is 5.97. The third kappa shape index (κ3) is 3.89. The van der Waals surface area contributed by atoms with Crippen molar-refractivity contribution in [3.8, 4) is 0 Å². The van der Waals surface area contributed by atoms with E-state index < -0.39 is 23.5 Å². The zero-order valence-electron chi connectivity index (χ0n) is 18.3. The monoisotopic (exact) mass is 469 g/mol. The van der Waals surface area contributed by atoms with Gasteiger partial charge in [0.25, 0.3) is 0 Å². The van der Waals surface area contributed by atoms with E-state index in [2.05, 4.69) is 10.4 Å². The summed E-state index contributed by atoms with van der Waals surface area (Å²) in [6, 6.07) is 10.4. The first-order valence-corrected chi connectivity index (χ1v) is 10.9. The number of carbonyl (C=O) groups is 2. The summed E-state index contributed by atoms with van der Waals surface area (Å²) in [5.74, 6) is -4.32. The van der Waals surface area contributed by atoms with Gasteiger partial charge in [0.05, 0.1) is 36.7 Å². The van der Waals surface area contributed by atoms with Gasteiger partial charge in [0.15, 0.2) is 17.5 Å². The fourth-order valence-corrected chi connectivity index (χ4v) is 4.60. The molecule has 1 saturated heterocycles. The van der Waals surface area contributed by atoms with Gasteiger partial charge in [-0.15, -0.1) is 0 Å². The van der Waals surface area contributed by atoms with Crippen LogP contribution in [0.3, 0.4) is 0 Å². The molecule has 5 rings (SSSR count). The number of urea groups is 1. The number of hydrogen-bond acceptors (Lipinski definition) is 3. The molecule has 3 amide bonds. The lowest BCUT2D eigenvalue weighted by atomic mass is 9.98. The number of amides is 3. The van der Waals surface area contributed by atoms with Crippen molar-refractivity contribution in [3.05, 3.63) is 77.4 Å². The molecule has 1 fully saturated rings. The van der Waals surface area contributed by atoms with Gasteiger partial charge in [-0.2, -0.15) is 5.10 Å². The molecule has 0 bridgehead atoms. The number of anilines is 2. The van der Waals surface area contributed by atoms with Gasteiger partial charge in [0.2, 0.25) is 5.91 Å². The van der Waals surface area contributed by atoms with Crippen LogP contribution in [0.5, 0.6) is 0 Å². The maximum Gasteiger partial charge on any atom is 0.322 e. The standard InChI is InChI=1S/C24H22F3N5O2/c1-14-11-32-21(13-30(14)24(34)29-17-8-18(25)23(27)19(26)9-17)20(10-28-32)31-12-16(7-22(31)33)15-5-3-2-4-6-15/h2-6,8-10,14,16H,7,11-13H2,1H3,(H,29,34)/t14-,16+/m0/s1. The molecule has 0 spiro atoms. The highest BCUT2D eigenvalue weighted by atomic mass is 19.2. The first-order valence-electron chi connectivity index (χ1n) is 10.9. The number of aromatic nitrogens is 2. The highest BCUT2D eigenvalue weighted by Crippen LogP contribution is 2.35. The highest BCUT2D eigenvalue weighted by Gasteiger charge is 2.37. The van der Waals surface area contributed by atoms with Crippen molar-refractivity contribution in [2.45, 2.75) is 38.4 Å². The Morgan fingerprint density at radius 3 is 2.50 bits per heavy atom. The minimum atomic E-state index is -1.60. The molecule has 2 aliphatic rings. The van der Waals surface area contributed by atoms with Gasteiger partial charge in [-0.1, -0.05) is 30.3 Å². The Balaban J connectivity index is 1.36. The van der Waals surface area contributed by atoms with Gasteiger partial charge in [-0.25, -0.2) is 18.0 Å². The molecule has 7 nitrogen and oxygen atoms in total. The van der Waals surface area contributed by atoms with Crippen LogP contribution in [-0.4, -0.2) is 39.2 Å². The minimum Gasteiger partial charge on any atom is -0.314 e. The SMILES string of the molecule is C[C@H]1Cn2ncc(N3C[C@H](c4ccccc4)CC3=O)c2CN1C(=O)Nc1cc(F)c(F)c(F)c1. The number of carbonyl (C=O) groups excluding carboxylic acids is 2. The normalized spacial score (nSPS) is 19.9. The zero-order valence-corrected chi connectivity index (χ0v) is 18.3. The summed E-state index contributed by atoms with van der Waals surface area (Å²) in [6.07, 6.45) is 2.02. The van der Waals surface area contributed by atoms with E-state index in [4.69, 9.17) is 0 Å². The Morgan fingerprint density at radius 1 is 1.09 bits per heavy atom. The molecular formula is C24H22F3N5O2. The number of nitrogens with one attached hydrogen (secondary N) is 1. The van der Waals surface area contributed by atoms with Crippen LogP contribution < -0.4 is 10.2 Å². The van der Waals surface area contributed by atoms with Crippen molar-refractivity contribution in [1.29, 1.82) is 0 Å². The summed E-state index contributed by atoms with van der Waals surface area (Å²) in [5, 5.41) is 6.85. The topological polar surface area (TPSA) is 70.5 Å². The molecule has 3 aromatic rings. The lowest BCUT2D eigenvalue weighted by Gasteiger charge is -2.35. The summed E-state index contributed by atoms with van der Waals surface area (Å²) in [5.41, 5.74) is 2.25. The van der Waals surface area contributed by atoms with E-state index in [1.165, 1.54) is 4.90 Å². The van der Waals surface area contributed by atoms with E-state index in [-0.39, 0.29) is 30.1 Å². The second-order valence-corrected chi connectivity index (χ2v) is 8.64. The van der Waals surface area contributed by atoms with Crippen LogP contribution in [0.25, 0.3) is 0 Å². The van der Waals surface area contributed by atoms with Crippen molar-refractivity contribution in [1.82, 2.24) is 14.7 Å². The average Bonchev–Trinajstić information content (AvgIpc) is 3.40. The molecule has 1 N–H and O–H groups in total. The molecule has 0 radical (unpaired) electrons. The Morgan fingerprint density at radius 2 is 1.79 bits per heavy atom. The molecule has 3 heterocycles. The average molecular weight is 469 g/mol. The lowest BCUT2D eigenvalue weighted by Crippen LogP contribution is -2.47. The number of nitrogens with zero attached hydrogens (tertiary/aromatic N) is 4. The second kappa shape index (κ2) is 8.51.